The molecule has 1 heteroatoms. The van der Waals surface area contributed by atoms with Crippen LogP contribution in [0, 0.1) is 23.7 Å². The van der Waals surface area contributed by atoms with E-state index in [2.05, 4.69) is 40.7 Å². The first kappa shape index (κ1) is 17.3. The van der Waals surface area contributed by atoms with Crippen LogP contribution in [-0.2, 0) is 0 Å². The van der Waals surface area contributed by atoms with Crippen molar-refractivity contribution >= 4 is 0 Å². The normalized spacial score (nSPS) is 20.3. The fourth-order valence-electron chi connectivity index (χ4n) is 2.92. The van der Waals surface area contributed by atoms with Crippen LogP contribution in [0.25, 0.3) is 0 Å². The molecular formula is C19H34O. The molecule has 0 spiro atoms. The summed E-state index contributed by atoms with van der Waals surface area (Å²) in [6.45, 7) is 11.8. The van der Waals surface area contributed by atoms with E-state index in [1.54, 1.807) is 0 Å². The van der Waals surface area contributed by atoms with E-state index in [0.717, 1.165) is 30.6 Å². The maximum absolute atomic E-state index is 9.42. The Morgan fingerprint density at radius 3 is 1.95 bits per heavy atom. The van der Waals surface area contributed by atoms with Gasteiger partial charge in [0.25, 0.3) is 0 Å². The van der Waals surface area contributed by atoms with Crippen molar-refractivity contribution in [3.05, 3.63) is 23.5 Å². The van der Waals surface area contributed by atoms with Crippen molar-refractivity contribution in [2.75, 3.05) is 0 Å². The van der Waals surface area contributed by atoms with E-state index >= 15 is 0 Å². The summed E-state index contributed by atoms with van der Waals surface area (Å²) in [6, 6.07) is 0. The maximum Gasteiger partial charge on any atom is 0.0925 e. The molecule has 0 saturated carbocycles. The van der Waals surface area contributed by atoms with Gasteiger partial charge in [0.1, 0.15) is 0 Å². The SMILES string of the molecule is CC(C)CCC(C)C(C)CCC(C)C1=CC=C(O)CC1. The van der Waals surface area contributed by atoms with Crippen LogP contribution < -0.4 is 0 Å². The summed E-state index contributed by atoms with van der Waals surface area (Å²) in [7, 11) is 0. The largest absolute Gasteiger partial charge is 0.512 e. The molecule has 0 aromatic rings. The lowest BCUT2D eigenvalue weighted by atomic mass is 9.82. The van der Waals surface area contributed by atoms with Gasteiger partial charge in [-0.15, -0.1) is 0 Å². The number of hydrogen-bond donors (Lipinski definition) is 1. The molecule has 0 aromatic carbocycles. The van der Waals surface area contributed by atoms with Crippen LogP contribution in [0.5, 0.6) is 0 Å². The molecule has 1 N–H and O–H groups in total. The van der Waals surface area contributed by atoms with Crippen molar-refractivity contribution in [2.24, 2.45) is 23.7 Å². The molecule has 116 valence electrons. The van der Waals surface area contributed by atoms with Gasteiger partial charge in [-0.1, -0.05) is 59.1 Å². The Bertz CT molecular complexity index is 338. The average Bonchev–Trinajstić information content (AvgIpc) is 2.42. The van der Waals surface area contributed by atoms with E-state index in [1.807, 2.05) is 6.08 Å². The molecule has 0 fully saturated rings. The van der Waals surface area contributed by atoms with Gasteiger partial charge in [0.15, 0.2) is 0 Å². The number of hydrogen-bond acceptors (Lipinski definition) is 1. The fourth-order valence-corrected chi connectivity index (χ4v) is 2.92. The minimum Gasteiger partial charge on any atom is -0.512 e. The third kappa shape index (κ3) is 6.15. The third-order valence-electron chi connectivity index (χ3n) is 5.02. The highest BCUT2D eigenvalue weighted by Gasteiger charge is 2.17. The zero-order chi connectivity index (χ0) is 15.1. The summed E-state index contributed by atoms with van der Waals surface area (Å²) in [5.41, 5.74) is 1.52. The van der Waals surface area contributed by atoms with E-state index in [4.69, 9.17) is 0 Å². The molecule has 1 aliphatic carbocycles. The smallest absolute Gasteiger partial charge is 0.0925 e. The van der Waals surface area contributed by atoms with Gasteiger partial charge in [0.05, 0.1) is 5.76 Å². The lowest BCUT2D eigenvalue weighted by molar-refractivity contribution is 0.304. The highest BCUT2D eigenvalue weighted by atomic mass is 16.3. The van der Waals surface area contributed by atoms with Crippen LogP contribution in [0.4, 0.5) is 0 Å². The Hall–Kier alpha value is -0.720. The molecule has 0 saturated heterocycles. The number of rotatable bonds is 8. The van der Waals surface area contributed by atoms with Crippen LogP contribution in [0.3, 0.4) is 0 Å². The monoisotopic (exact) mass is 278 g/mol. The van der Waals surface area contributed by atoms with Crippen molar-refractivity contribution in [3.8, 4) is 0 Å². The molecule has 0 aliphatic heterocycles. The average molecular weight is 278 g/mol. The van der Waals surface area contributed by atoms with Gasteiger partial charge in [-0.05, 0) is 49.0 Å². The van der Waals surface area contributed by atoms with E-state index in [0.29, 0.717) is 11.7 Å². The van der Waals surface area contributed by atoms with Gasteiger partial charge in [-0.3, -0.25) is 0 Å². The minimum atomic E-state index is 0.539. The molecule has 1 nitrogen and oxygen atoms in total. The molecule has 0 heterocycles. The summed E-state index contributed by atoms with van der Waals surface area (Å²) < 4.78 is 0. The Labute approximate surface area is 126 Å². The van der Waals surface area contributed by atoms with E-state index in [9.17, 15) is 5.11 Å². The van der Waals surface area contributed by atoms with Gasteiger partial charge >= 0.3 is 0 Å². The summed E-state index contributed by atoms with van der Waals surface area (Å²) in [5.74, 6) is 3.70. The maximum atomic E-state index is 9.42. The van der Waals surface area contributed by atoms with Crippen molar-refractivity contribution in [1.29, 1.82) is 0 Å². The topological polar surface area (TPSA) is 20.2 Å². The van der Waals surface area contributed by atoms with Crippen molar-refractivity contribution in [2.45, 2.75) is 73.1 Å². The van der Waals surface area contributed by atoms with Crippen molar-refractivity contribution in [3.63, 3.8) is 0 Å². The zero-order valence-corrected chi connectivity index (χ0v) is 14.2. The molecule has 20 heavy (non-hydrogen) atoms. The summed E-state index contributed by atoms with van der Waals surface area (Å²) in [6.07, 6.45) is 11.2. The highest BCUT2D eigenvalue weighted by molar-refractivity contribution is 5.21. The van der Waals surface area contributed by atoms with E-state index in [-0.39, 0.29) is 0 Å². The molecule has 1 rings (SSSR count). The third-order valence-corrected chi connectivity index (χ3v) is 5.02. The lowest BCUT2D eigenvalue weighted by Crippen LogP contribution is -2.12. The summed E-state index contributed by atoms with van der Waals surface area (Å²) in [4.78, 5) is 0. The standard InChI is InChI=1S/C19H34O/c1-14(2)6-7-15(3)16(4)8-9-17(5)18-10-12-19(20)13-11-18/h10,12,14-17,20H,6-9,11,13H2,1-5H3. The first-order valence-corrected chi connectivity index (χ1v) is 8.48. The number of aliphatic hydroxyl groups excluding tert-OH is 1. The van der Waals surface area contributed by atoms with Gasteiger partial charge in [0, 0.05) is 6.42 Å². The molecule has 1 aliphatic rings. The van der Waals surface area contributed by atoms with Gasteiger partial charge in [0.2, 0.25) is 0 Å². The summed E-state index contributed by atoms with van der Waals surface area (Å²) in [5, 5.41) is 9.42. The van der Waals surface area contributed by atoms with Crippen LogP contribution >= 0.6 is 0 Å². The van der Waals surface area contributed by atoms with Gasteiger partial charge in [-0.25, -0.2) is 0 Å². The first-order valence-electron chi connectivity index (χ1n) is 8.48. The van der Waals surface area contributed by atoms with Gasteiger partial charge < -0.3 is 5.11 Å². The molecule has 0 amide bonds. The highest BCUT2D eigenvalue weighted by Crippen LogP contribution is 2.30. The van der Waals surface area contributed by atoms with Crippen LogP contribution in [0.2, 0.25) is 0 Å². The molecule has 0 bridgehead atoms. The molecule has 3 atom stereocenters. The molecule has 0 radical (unpaired) electrons. The molecular weight excluding hydrogens is 244 g/mol. The van der Waals surface area contributed by atoms with Crippen LogP contribution in [-0.4, -0.2) is 5.11 Å². The van der Waals surface area contributed by atoms with Crippen LogP contribution in [0.1, 0.15) is 73.1 Å². The molecule has 0 aromatic heterocycles. The summed E-state index contributed by atoms with van der Waals surface area (Å²) >= 11 is 0. The van der Waals surface area contributed by atoms with Crippen molar-refractivity contribution < 1.29 is 5.11 Å². The first-order chi connectivity index (χ1) is 9.40. The number of allylic oxidation sites excluding steroid dienone is 4. The second-order valence-electron chi connectivity index (χ2n) is 7.30. The van der Waals surface area contributed by atoms with E-state index < -0.39 is 0 Å². The second kappa shape index (κ2) is 8.54. The predicted molar refractivity (Wildman–Crippen MR) is 88.8 cm³/mol. The predicted octanol–water partition coefficient (Wildman–Crippen LogP) is 6.27. The Morgan fingerprint density at radius 2 is 1.45 bits per heavy atom. The fraction of sp³-hybridized carbons (Fsp3) is 0.789. The minimum absolute atomic E-state index is 0.539. The van der Waals surface area contributed by atoms with E-state index in [1.165, 1.54) is 31.3 Å². The zero-order valence-electron chi connectivity index (χ0n) is 14.2. The Balaban J connectivity index is 2.31. The second-order valence-corrected chi connectivity index (χ2v) is 7.30. The van der Waals surface area contributed by atoms with Gasteiger partial charge in [-0.2, -0.15) is 0 Å². The van der Waals surface area contributed by atoms with Crippen molar-refractivity contribution in [1.82, 2.24) is 0 Å². The number of aliphatic hydroxyl groups is 1. The molecule has 3 unspecified atom stereocenters. The quantitative estimate of drug-likeness (QED) is 0.554. The van der Waals surface area contributed by atoms with Crippen LogP contribution in [0.15, 0.2) is 23.5 Å². The Morgan fingerprint density at radius 1 is 0.850 bits per heavy atom. The Kier molecular flexibility index (Phi) is 7.40. The lowest BCUT2D eigenvalue weighted by Gasteiger charge is -2.24.